The van der Waals surface area contributed by atoms with Gasteiger partial charge in [-0.05, 0) is 44.2 Å². The predicted octanol–water partition coefficient (Wildman–Crippen LogP) is 2.42. The van der Waals surface area contributed by atoms with Gasteiger partial charge in [0.2, 0.25) is 5.91 Å². The largest absolute Gasteiger partial charge is 0.352 e. The van der Waals surface area contributed by atoms with E-state index in [1.807, 2.05) is 0 Å². The molecule has 142 valence electrons. The van der Waals surface area contributed by atoms with Gasteiger partial charge in [0, 0.05) is 38.2 Å². The number of halogens is 1. The molecule has 2 fully saturated rings. The van der Waals surface area contributed by atoms with E-state index in [9.17, 15) is 14.0 Å². The summed E-state index contributed by atoms with van der Waals surface area (Å²) in [4.78, 5) is 29.3. The number of nitrogens with zero attached hydrogens (tertiary/aromatic N) is 2. The predicted molar refractivity (Wildman–Crippen MR) is 98.4 cm³/mol. The first-order valence-electron chi connectivity index (χ1n) is 9.53. The van der Waals surface area contributed by atoms with Crippen LogP contribution in [-0.2, 0) is 4.79 Å². The van der Waals surface area contributed by atoms with E-state index < -0.39 is 0 Å². The number of piperazine rings is 1. The molecule has 2 aliphatic rings. The minimum atomic E-state index is -0.371. The lowest BCUT2D eigenvalue weighted by Gasteiger charge is -2.52. The van der Waals surface area contributed by atoms with Crippen molar-refractivity contribution in [2.24, 2.45) is 0 Å². The molecule has 0 radical (unpaired) electrons. The number of likely N-dealkylation sites (N-methyl/N-ethyl adjacent to an activating group) is 1. The van der Waals surface area contributed by atoms with Crippen molar-refractivity contribution in [1.29, 1.82) is 0 Å². The molecule has 0 atom stereocenters. The number of rotatable bonds is 4. The summed E-state index contributed by atoms with van der Waals surface area (Å²) in [6.45, 7) is 2.91. The molecule has 26 heavy (non-hydrogen) atoms. The Bertz CT molecular complexity index is 641. The van der Waals surface area contributed by atoms with Crippen molar-refractivity contribution < 1.29 is 14.0 Å². The zero-order valence-corrected chi connectivity index (χ0v) is 15.5. The summed E-state index contributed by atoms with van der Waals surface area (Å²) in [6.07, 6.45) is 6.06. The molecule has 1 saturated carbocycles. The summed E-state index contributed by atoms with van der Waals surface area (Å²) in [5, 5.41) is 2.77. The van der Waals surface area contributed by atoms with Crippen LogP contribution < -0.4 is 5.32 Å². The highest BCUT2D eigenvalue weighted by Gasteiger charge is 2.43. The Balaban J connectivity index is 1.55. The van der Waals surface area contributed by atoms with Crippen LogP contribution in [0.2, 0.25) is 0 Å². The average Bonchev–Trinajstić information content (AvgIpc) is 2.62. The molecule has 1 saturated heterocycles. The number of hydrogen-bond acceptors (Lipinski definition) is 3. The quantitative estimate of drug-likeness (QED) is 0.896. The molecule has 6 heteroatoms. The lowest BCUT2D eigenvalue weighted by Crippen LogP contribution is -2.64. The summed E-state index contributed by atoms with van der Waals surface area (Å²) in [5.41, 5.74) is 0.380. The highest BCUT2D eigenvalue weighted by molar-refractivity contribution is 5.94. The van der Waals surface area contributed by atoms with Crippen LogP contribution in [0.15, 0.2) is 24.3 Å². The molecule has 1 aromatic carbocycles. The molecule has 1 aliphatic heterocycles. The Morgan fingerprint density at radius 2 is 1.81 bits per heavy atom. The fraction of sp³-hybridized carbons (Fsp3) is 0.600. The Morgan fingerprint density at radius 1 is 1.12 bits per heavy atom. The number of carbonyl (C=O) groups is 2. The number of carbonyl (C=O) groups excluding carboxylic acids is 2. The van der Waals surface area contributed by atoms with E-state index in [1.54, 1.807) is 0 Å². The van der Waals surface area contributed by atoms with Crippen molar-refractivity contribution in [1.82, 2.24) is 15.1 Å². The van der Waals surface area contributed by atoms with Gasteiger partial charge in [-0.2, -0.15) is 0 Å². The van der Waals surface area contributed by atoms with Gasteiger partial charge in [0.05, 0.1) is 5.54 Å². The van der Waals surface area contributed by atoms with E-state index in [0.717, 1.165) is 32.5 Å². The molecule has 3 rings (SSSR count). The minimum absolute atomic E-state index is 0.0245. The Labute approximate surface area is 154 Å². The Hall–Kier alpha value is -1.95. The molecule has 1 N–H and O–H groups in total. The van der Waals surface area contributed by atoms with Gasteiger partial charge >= 0.3 is 0 Å². The van der Waals surface area contributed by atoms with Crippen LogP contribution in [0.4, 0.5) is 4.39 Å². The summed E-state index contributed by atoms with van der Waals surface area (Å²) >= 11 is 0. The summed E-state index contributed by atoms with van der Waals surface area (Å²) in [6, 6.07) is 5.42. The Morgan fingerprint density at radius 3 is 2.50 bits per heavy atom. The highest BCUT2D eigenvalue weighted by Crippen LogP contribution is 2.36. The van der Waals surface area contributed by atoms with E-state index in [1.165, 1.54) is 43.5 Å². The van der Waals surface area contributed by atoms with Gasteiger partial charge in [-0.15, -0.1) is 0 Å². The van der Waals surface area contributed by atoms with Crippen molar-refractivity contribution in [3.05, 3.63) is 35.6 Å². The summed E-state index contributed by atoms with van der Waals surface area (Å²) in [7, 11) is 2.13. The minimum Gasteiger partial charge on any atom is -0.352 e. The van der Waals surface area contributed by atoms with Gasteiger partial charge < -0.3 is 15.1 Å². The molecule has 1 spiro atoms. The fourth-order valence-electron chi connectivity index (χ4n) is 4.32. The number of amides is 2. The second-order valence-electron chi connectivity index (χ2n) is 7.58. The van der Waals surface area contributed by atoms with Crippen molar-refractivity contribution in [3.8, 4) is 0 Å². The summed E-state index contributed by atoms with van der Waals surface area (Å²) in [5.74, 6) is -0.521. The van der Waals surface area contributed by atoms with E-state index in [-0.39, 0.29) is 23.2 Å². The first kappa shape index (κ1) is 18.8. The van der Waals surface area contributed by atoms with Crippen molar-refractivity contribution in [2.45, 2.75) is 44.1 Å². The van der Waals surface area contributed by atoms with Crippen molar-refractivity contribution in [2.75, 3.05) is 33.2 Å². The van der Waals surface area contributed by atoms with Crippen LogP contribution in [0.25, 0.3) is 0 Å². The van der Waals surface area contributed by atoms with Crippen LogP contribution in [0, 0.1) is 5.82 Å². The fourth-order valence-corrected chi connectivity index (χ4v) is 4.32. The van der Waals surface area contributed by atoms with Gasteiger partial charge in [0.25, 0.3) is 5.91 Å². The third-order valence-corrected chi connectivity index (χ3v) is 5.66. The Kier molecular flexibility index (Phi) is 5.91. The molecule has 1 aliphatic carbocycles. The third-order valence-electron chi connectivity index (χ3n) is 5.66. The zero-order valence-electron chi connectivity index (χ0n) is 15.5. The molecular formula is C20H28FN3O2. The van der Waals surface area contributed by atoms with Crippen molar-refractivity contribution >= 4 is 11.8 Å². The number of benzene rings is 1. The molecule has 2 amide bonds. The lowest BCUT2D eigenvalue weighted by molar-refractivity contribution is -0.144. The molecule has 5 nitrogen and oxygen atoms in total. The maximum Gasteiger partial charge on any atom is 0.251 e. The lowest BCUT2D eigenvalue weighted by atomic mass is 9.78. The second-order valence-corrected chi connectivity index (χ2v) is 7.58. The second kappa shape index (κ2) is 8.16. The average molecular weight is 361 g/mol. The molecule has 1 aromatic rings. The molecule has 1 heterocycles. The SMILES string of the molecule is CN1CCN(C(=O)CCNC(=O)c2ccc(F)cc2)C2(CCCCC2)C1. The molecule has 0 bridgehead atoms. The van der Waals surface area contributed by atoms with E-state index in [4.69, 9.17) is 0 Å². The maximum absolute atomic E-state index is 12.9. The van der Waals surface area contributed by atoms with E-state index in [0.29, 0.717) is 18.5 Å². The monoisotopic (exact) mass is 361 g/mol. The summed E-state index contributed by atoms with van der Waals surface area (Å²) < 4.78 is 12.9. The molecular weight excluding hydrogens is 333 g/mol. The molecule has 0 unspecified atom stereocenters. The standard InChI is InChI=1S/C20H28FN3O2/c1-23-13-14-24(20(15-23)10-3-2-4-11-20)18(25)9-12-22-19(26)16-5-7-17(21)8-6-16/h5-8H,2-4,9-15H2,1H3,(H,22,26). The van der Waals surface area contributed by atoms with Gasteiger partial charge in [0.15, 0.2) is 0 Å². The molecule has 0 aromatic heterocycles. The van der Waals surface area contributed by atoms with E-state index in [2.05, 4.69) is 22.2 Å². The number of hydrogen-bond donors (Lipinski definition) is 1. The topological polar surface area (TPSA) is 52.6 Å². The van der Waals surface area contributed by atoms with Crippen LogP contribution in [0.5, 0.6) is 0 Å². The van der Waals surface area contributed by atoms with E-state index >= 15 is 0 Å². The first-order chi connectivity index (χ1) is 12.5. The van der Waals surface area contributed by atoms with Gasteiger partial charge in [-0.1, -0.05) is 19.3 Å². The van der Waals surface area contributed by atoms with Crippen molar-refractivity contribution in [3.63, 3.8) is 0 Å². The smallest absolute Gasteiger partial charge is 0.251 e. The maximum atomic E-state index is 12.9. The zero-order chi connectivity index (χ0) is 18.6. The van der Waals surface area contributed by atoms with Gasteiger partial charge in [-0.3, -0.25) is 9.59 Å². The number of nitrogens with one attached hydrogen (secondary N) is 1. The normalized spacial score (nSPS) is 20.2. The van der Waals surface area contributed by atoms with Crippen LogP contribution in [0.1, 0.15) is 48.9 Å². The van der Waals surface area contributed by atoms with Gasteiger partial charge in [-0.25, -0.2) is 4.39 Å². The third kappa shape index (κ3) is 4.23. The highest BCUT2D eigenvalue weighted by atomic mass is 19.1. The first-order valence-corrected chi connectivity index (χ1v) is 9.53. The van der Waals surface area contributed by atoms with Crippen LogP contribution >= 0.6 is 0 Å². The van der Waals surface area contributed by atoms with Crippen LogP contribution in [0.3, 0.4) is 0 Å². The van der Waals surface area contributed by atoms with Gasteiger partial charge in [0.1, 0.15) is 5.82 Å². The van der Waals surface area contributed by atoms with Crippen LogP contribution in [-0.4, -0.2) is 60.4 Å².